The molecule has 0 atom stereocenters. The second kappa shape index (κ2) is 13.2. The normalized spacial score (nSPS) is 16.0. The monoisotopic (exact) mass is 525 g/mol. The van der Waals surface area contributed by atoms with Gasteiger partial charge in [0, 0.05) is 44.4 Å². The molecule has 0 radical (unpaired) electrons. The number of nitrogens with zero attached hydrogens (tertiary/aromatic N) is 3. The number of esters is 1. The highest BCUT2D eigenvalue weighted by atomic mass is 35.5. The largest absolute Gasteiger partial charge is 0.494 e. The molecular formula is C30H40ClN3O3. The van der Waals surface area contributed by atoms with Crippen LogP contribution in [0.15, 0.2) is 48.7 Å². The molecule has 4 rings (SSSR count). The second-order valence-corrected chi connectivity index (χ2v) is 10.4. The van der Waals surface area contributed by atoms with Gasteiger partial charge in [0.25, 0.3) is 0 Å². The molecule has 200 valence electrons. The van der Waals surface area contributed by atoms with Crippen LogP contribution in [0.2, 0.25) is 5.02 Å². The zero-order valence-electron chi connectivity index (χ0n) is 22.3. The van der Waals surface area contributed by atoms with E-state index in [1.165, 1.54) is 5.56 Å². The number of allylic oxidation sites excluding steroid dienone is 1. The third kappa shape index (κ3) is 7.20. The molecule has 37 heavy (non-hydrogen) atoms. The Kier molecular flexibility index (Phi) is 9.75. The van der Waals surface area contributed by atoms with E-state index in [-0.39, 0.29) is 12.7 Å². The number of hydrogen-bond acceptors (Lipinski definition) is 6. The van der Waals surface area contributed by atoms with Crippen LogP contribution < -0.4 is 14.5 Å². The summed E-state index contributed by atoms with van der Waals surface area (Å²) in [4.78, 5) is 18.8. The molecule has 2 aromatic carbocycles. The Morgan fingerprint density at radius 1 is 1.05 bits per heavy atom. The Morgan fingerprint density at radius 3 is 2.65 bits per heavy atom. The smallest absolute Gasteiger partial charge is 0.307 e. The van der Waals surface area contributed by atoms with Crippen molar-refractivity contribution >= 4 is 28.9 Å². The van der Waals surface area contributed by atoms with Gasteiger partial charge in [0.1, 0.15) is 5.75 Å². The lowest BCUT2D eigenvalue weighted by atomic mass is 10.00. The van der Waals surface area contributed by atoms with Crippen molar-refractivity contribution in [2.45, 2.75) is 52.4 Å². The highest BCUT2D eigenvalue weighted by molar-refractivity contribution is 6.34. The van der Waals surface area contributed by atoms with Crippen molar-refractivity contribution in [1.82, 2.24) is 4.90 Å². The summed E-state index contributed by atoms with van der Waals surface area (Å²) in [6, 6.07) is 12.5. The van der Waals surface area contributed by atoms with Gasteiger partial charge in [0.2, 0.25) is 0 Å². The molecule has 0 aliphatic carbocycles. The van der Waals surface area contributed by atoms with Gasteiger partial charge in [0.05, 0.1) is 23.0 Å². The number of piperazine rings is 1. The summed E-state index contributed by atoms with van der Waals surface area (Å²) in [5.41, 5.74) is 5.52. The summed E-state index contributed by atoms with van der Waals surface area (Å²) in [5.74, 6) is 0.678. The van der Waals surface area contributed by atoms with Gasteiger partial charge in [0.15, 0.2) is 6.73 Å². The van der Waals surface area contributed by atoms with Crippen molar-refractivity contribution in [1.29, 1.82) is 0 Å². The summed E-state index contributed by atoms with van der Waals surface area (Å²) in [5, 5.41) is 0.875. The van der Waals surface area contributed by atoms with Gasteiger partial charge in [-0.2, -0.15) is 0 Å². The van der Waals surface area contributed by atoms with Gasteiger partial charge in [-0.3, -0.25) is 9.69 Å². The zero-order valence-corrected chi connectivity index (χ0v) is 23.1. The van der Waals surface area contributed by atoms with Gasteiger partial charge < -0.3 is 19.3 Å². The predicted molar refractivity (Wildman–Crippen MR) is 152 cm³/mol. The van der Waals surface area contributed by atoms with Crippen LogP contribution in [0.25, 0.3) is 0 Å². The van der Waals surface area contributed by atoms with Gasteiger partial charge in [-0.25, -0.2) is 0 Å². The van der Waals surface area contributed by atoms with E-state index in [4.69, 9.17) is 21.1 Å². The number of unbranched alkanes of at least 4 members (excludes halogenated alkanes) is 1. The molecular weight excluding hydrogens is 486 g/mol. The Labute approximate surface area is 226 Å². The molecule has 1 fully saturated rings. The third-order valence-electron chi connectivity index (χ3n) is 7.24. The highest BCUT2D eigenvalue weighted by Crippen LogP contribution is 2.35. The number of fused-ring (bicyclic) bond motifs is 1. The van der Waals surface area contributed by atoms with Gasteiger partial charge >= 0.3 is 5.97 Å². The van der Waals surface area contributed by atoms with Crippen molar-refractivity contribution in [2.24, 2.45) is 0 Å². The summed E-state index contributed by atoms with van der Waals surface area (Å²) in [6.45, 7) is 14.3. The van der Waals surface area contributed by atoms with Crippen LogP contribution in [0.5, 0.6) is 5.75 Å². The molecule has 2 aliphatic rings. The highest BCUT2D eigenvalue weighted by Gasteiger charge is 2.22. The molecule has 0 spiro atoms. The molecule has 6 nitrogen and oxygen atoms in total. The maximum atomic E-state index is 11.9. The fourth-order valence-corrected chi connectivity index (χ4v) is 5.22. The minimum atomic E-state index is -0.171. The predicted octanol–water partition coefficient (Wildman–Crippen LogP) is 6.20. The Hall–Kier alpha value is -2.70. The van der Waals surface area contributed by atoms with Crippen molar-refractivity contribution in [3.63, 3.8) is 0 Å². The molecule has 0 aromatic heterocycles. The van der Waals surface area contributed by atoms with Crippen LogP contribution in [-0.2, 0) is 16.0 Å². The average molecular weight is 526 g/mol. The molecule has 0 saturated carbocycles. The molecule has 0 unspecified atom stereocenters. The number of ether oxygens (including phenoxy) is 2. The fraction of sp³-hybridized carbons (Fsp3) is 0.500. The number of anilines is 2. The first-order valence-corrected chi connectivity index (χ1v) is 13.9. The van der Waals surface area contributed by atoms with E-state index < -0.39 is 0 Å². The van der Waals surface area contributed by atoms with Crippen LogP contribution in [-0.4, -0.2) is 56.9 Å². The Morgan fingerprint density at radius 2 is 1.86 bits per heavy atom. The standard InChI is InChI=1S/C30H40ClN3O3/c1-4-8-29(35)37-22-34-24(3)11-12-25-13-14-26(21-28(25)34)36-20-6-5-15-32-16-18-33(19-17-32)27-10-7-9-23(2)30(27)31/h7,9-10,13-14,21H,3-6,8,11-12,15-20,22H2,1-2H3. The average Bonchev–Trinajstić information content (AvgIpc) is 2.90. The van der Waals surface area contributed by atoms with Crippen LogP contribution >= 0.6 is 11.6 Å². The number of carbonyl (C=O) groups is 1. The van der Waals surface area contributed by atoms with Crippen LogP contribution in [0, 0.1) is 6.92 Å². The third-order valence-corrected chi connectivity index (χ3v) is 7.73. The van der Waals surface area contributed by atoms with Crippen LogP contribution in [0.4, 0.5) is 11.4 Å². The molecule has 0 bridgehead atoms. The SMILES string of the molecule is C=C1CCc2ccc(OCCCCN3CCN(c4cccc(C)c4Cl)CC3)cc2N1COC(=O)CCC. The molecule has 7 heteroatoms. The van der Waals surface area contributed by atoms with Crippen molar-refractivity contribution in [3.8, 4) is 5.75 Å². The molecule has 2 aliphatic heterocycles. The van der Waals surface area contributed by atoms with Crippen LogP contribution in [0.1, 0.15) is 50.2 Å². The lowest BCUT2D eigenvalue weighted by Crippen LogP contribution is -2.46. The number of hydrogen-bond donors (Lipinski definition) is 0. The first kappa shape index (κ1) is 27.3. The van der Waals surface area contributed by atoms with Gasteiger partial charge in [-0.15, -0.1) is 0 Å². The summed E-state index contributed by atoms with van der Waals surface area (Å²) in [7, 11) is 0. The topological polar surface area (TPSA) is 45.2 Å². The minimum absolute atomic E-state index is 0.171. The molecule has 1 saturated heterocycles. The molecule has 0 amide bonds. The number of halogens is 1. The lowest BCUT2D eigenvalue weighted by molar-refractivity contribution is -0.143. The van der Waals surface area contributed by atoms with E-state index in [9.17, 15) is 4.79 Å². The van der Waals surface area contributed by atoms with Crippen molar-refractivity contribution in [2.75, 3.05) is 55.9 Å². The number of rotatable bonds is 11. The number of aryl methyl sites for hydroxylation is 2. The fourth-order valence-electron chi connectivity index (χ4n) is 4.97. The van der Waals surface area contributed by atoms with Crippen molar-refractivity contribution in [3.05, 3.63) is 64.8 Å². The van der Waals surface area contributed by atoms with E-state index >= 15 is 0 Å². The molecule has 2 heterocycles. The van der Waals surface area contributed by atoms with Crippen LogP contribution in [0.3, 0.4) is 0 Å². The summed E-state index contributed by atoms with van der Waals surface area (Å²) < 4.78 is 11.6. The minimum Gasteiger partial charge on any atom is -0.494 e. The Bertz CT molecular complexity index is 1080. The van der Waals surface area contributed by atoms with Gasteiger partial charge in [-0.05, 0) is 68.8 Å². The van der Waals surface area contributed by atoms with Crippen molar-refractivity contribution < 1.29 is 14.3 Å². The second-order valence-electron chi connectivity index (χ2n) is 9.97. The maximum absolute atomic E-state index is 11.9. The van der Waals surface area contributed by atoms with E-state index in [2.05, 4.69) is 53.6 Å². The quantitative estimate of drug-likeness (QED) is 0.257. The van der Waals surface area contributed by atoms with E-state index in [1.54, 1.807) is 0 Å². The maximum Gasteiger partial charge on any atom is 0.307 e. The summed E-state index contributed by atoms with van der Waals surface area (Å²) in [6.07, 6.45) is 5.14. The van der Waals surface area contributed by atoms with E-state index in [0.29, 0.717) is 13.0 Å². The molecule has 0 N–H and O–H groups in total. The van der Waals surface area contributed by atoms with Gasteiger partial charge in [-0.1, -0.05) is 43.3 Å². The number of benzene rings is 2. The molecule has 2 aromatic rings. The van der Waals surface area contributed by atoms with E-state index in [1.807, 2.05) is 17.9 Å². The number of carbonyl (C=O) groups excluding carboxylic acids is 1. The summed E-state index contributed by atoms with van der Waals surface area (Å²) >= 11 is 6.53. The lowest BCUT2D eigenvalue weighted by Gasteiger charge is -2.36. The van der Waals surface area contributed by atoms with E-state index in [0.717, 1.165) is 98.2 Å². The zero-order chi connectivity index (χ0) is 26.2. The first-order chi connectivity index (χ1) is 18.0. The Balaban J connectivity index is 1.20. The first-order valence-electron chi connectivity index (χ1n) is 13.6.